The highest BCUT2D eigenvalue weighted by Gasteiger charge is 2.25. The van der Waals surface area contributed by atoms with Gasteiger partial charge in [-0.05, 0) is 18.6 Å². The lowest BCUT2D eigenvalue weighted by molar-refractivity contribution is 0.0941. The molecule has 1 aliphatic rings. The number of anilines is 2. The molecule has 0 radical (unpaired) electrons. The van der Waals surface area contributed by atoms with Crippen molar-refractivity contribution >= 4 is 42.1 Å². The van der Waals surface area contributed by atoms with E-state index in [2.05, 4.69) is 10.2 Å². The number of halogens is 2. The standard InChI is InChI=1S/C19H23N3O3.2ClH/c1-24-15-9-14(10-16(11-15)25-2)22-8-7-13(12-22)21-19(23)17-5-3-4-6-18(17)20;;/h3-6,9-11,13H,7-8,12,20H2,1-2H3,(H,21,23);2*1H. The van der Waals surface area contributed by atoms with Gasteiger partial charge in [0.2, 0.25) is 0 Å². The first-order valence-electron chi connectivity index (χ1n) is 8.24. The first kappa shape index (κ1) is 22.7. The molecule has 6 nitrogen and oxygen atoms in total. The number of nitrogen functional groups attached to an aromatic ring is 1. The molecule has 1 heterocycles. The second-order valence-electron chi connectivity index (χ2n) is 6.06. The van der Waals surface area contributed by atoms with Crippen molar-refractivity contribution in [2.24, 2.45) is 0 Å². The summed E-state index contributed by atoms with van der Waals surface area (Å²) >= 11 is 0. The minimum absolute atomic E-state index is 0. The van der Waals surface area contributed by atoms with E-state index in [0.717, 1.165) is 36.7 Å². The van der Waals surface area contributed by atoms with Gasteiger partial charge in [0.1, 0.15) is 11.5 Å². The smallest absolute Gasteiger partial charge is 0.253 e. The highest BCUT2D eigenvalue weighted by Crippen LogP contribution is 2.30. The number of benzene rings is 2. The Balaban J connectivity index is 0.00000182. The van der Waals surface area contributed by atoms with Crippen LogP contribution < -0.4 is 25.4 Å². The number of amides is 1. The molecular formula is C19H25Cl2N3O3. The molecule has 1 amide bonds. The molecule has 0 spiro atoms. The monoisotopic (exact) mass is 413 g/mol. The summed E-state index contributed by atoms with van der Waals surface area (Å²) in [5, 5.41) is 3.07. The number of carbonyl (C=O) groups excluding carboxylic acids is 1. The molecular weight excluding hydrogens is 389 g/mol. The van der Waals surface area contributed by atoms with E-state index >= 15 is 0 Å². The van der Waals surface area contributed by atoms with Crippen molar-refractivity contribution in [1.29, 1.82) is 0 Å². The van der Waals surface area contributed by atoms with Crippen molar-refractivity contribution < 1.29 is 14.3 Å². The number of nitrogens with zero attached hydrogens (tertiary/aromatic N) is 1. The van der Waals surface area contributed by atoms with Gasteiger partial charge in [-0.25, -0.2) is 0 Å². The highest BCUT2D eigenvalue weighted by molar-refractivity contribution is 5.99. The van der Waals surface area contributed by atoms with Crippen LogP contribution in [-0.2, 0) is 0 Å². The quantitative estimate of drug-likeness (QED) is 0.736. The number of nitrogens with two attached hydrogens (primary N) is 1. The summed E-state index contributed by atoms with van der Waals surface area (Å²) in [5.74, 6) is 1.37. The van der Waals surface area contributed by atoms with Crippen molar-refractivity contribution in [3.05, 3.63) is 48.0 Å². The lowest BCUT2D eigenvalue weighted by Crippen LogP contribution is -2.37. The van der Waals surface area contributed by atoms with E-state index in [4.69, 9.17) is 15.2 Å². The van der Waals surface area contributed by atoms with Crippen molar-refractivity contribution in [3.8, 4) is 11.5 Å². The van der Waals surface area contributed by atoms with Crippen LogP contribution in [0.25, 0.3) is 0 Å². The van der Waals surface area contributed by atoms with Crippen LogP contribution in [0.1, 0.15) is 16.8 Å². The van der Waals surface area contributed by atoms with Crippen LogP contribution in [0.5, 0.6) is 11.5 Å². The largest absolute Gasteiger partial charge is 0.497 e. The van der Waals surface area contributed by atoms with Gasteiger partial charge in [0, 0.05) is 48.7 Å². The number of carbonyl (C=O) groups is 1. The molecule has 1 unspecified atom stereocenters. The first-order chi connectivity index (χ1) is 12.1. The highest BCUT2D eigenvalue weighted by atomic mass is 35.5. The van der Waals surface area contributed by atoms with E-state index < -0.39 is 0 Å². The molecule has 0 bridgehead atoms. The van der Waals surface area contributed by atoms with E-state index in [0.29, 0.717) is 11.3 Å². The van der Waals surface area contributed by atoms with Crippen LogP contribution in [0, 0.1) is 0 Å². The van der Waals surface area contributed by atoms with Crippen LogP contribution in [0.4, 0.5) is 11.4 Å². The molecule has 0 saturated carbocycles. The molecule has 0 aliphatic carbocycles. The normalized spacial score (nSPS) is 15.3. The summed E-state index contributed by atoms with van der Waals surface area (Å²) in [6.45, 7) is 1.58. The second kappa shape index (κ2) is 10.1. The van der Waals surface area contributed by atoms with Crippen molar-refractivity contribution in [2.45, 2.75) is 12.5 Å². The fraction of sp³-hybridized carbons (Fsp3) is 0.316. The first-order valence-corrected chi connectivity index (χ1v) is 8.24. The maximum atomic E-state index is 12.4. The molecule has 27 heavy (non-hydrogen) atoms. The Bertz CT molecular complexity index is 751. The third kappa shape index (κ3) is 5.34. The maximum Gasteiger partial charge on any atom is 0.253 e. The van der Waals surface area contributed by atoms with Gasteiger partial charge in [-0.2, -0.15) is 0 Å². The molecule has 3 rings (SSSR count). The number of rotatable bonds is 5. The Kier molecular flexibility index (Phi) is 8.53. The van der Waals surface area contributed by atoms with Crippen molar-refractivity contribution in [2.75, 3.05) is 37.9 Å². The molecule has 1 aliphatic heterocycles. The second-order valence-corrected chi connectivity index (χ2v) is 6.06. The SMILES string of the molecule is COc1cc(OC)cc(N2CCC(NC(=O)c3ccccc3N)C2)c1.Cl.Cl. The number of hydrogen-bond acceptors (Lipinski definition) is 5. The van der Waals surface area contributed by atoms with Crippen LogP contribution in [-0.4, -0.2) is 39.3 Å². The number of ether oxygens (including phenoxy) is 2. The predicted molar refractivity (Wildman–Crippen MR) is 113 cm³/mol. The number of nitrogens with one attached hydrogen (secondary N) is 1. The zero-order valence-electron chi connectivity index (χ0n) is 15.3. The van der Waals surface area contributed by atoms with Crippen LogP contribution in [0.15, 0.2) is 42.5 Å². The lowest BCUT2D eigenvalue weighted by Gasteiger charge is -2.20. The van der Waals surface area contributed by atoms with E-state index in [1.807, 2.05) is 30.3 Å². The molecule has 0 aromatic heterocycles. The molecule has 3 N–H and O–H groups in total. The third-order valence-corrected chi connectivity index (χ3v) is 4.43. The Labute approximate surface area is 171 Å². The molecule has 1 saturated heterocycles. The average Bonchev–Trinajstić information content (AvgIpc) is 3.10. The minimum atomic E-state index is -0.131. The van der Waals surface area contributed by atoms with Gasteiger partial charge in [-0.1, -0.05) is 12.1 Å². The fourth-order valence-corrected chi connectivity index (χ4v) is 3.05. The molecule has 8 heteroatoms. The summed E-state index contributed by atoms with van der Waals surface area (Å²) < 4.78 is 10.7. The minimum Gasteiger partial charge on any atom is -0.497 e. The summed E-state index contributed by atoms with van der Waals surface area (Å²) in [4.78, 5) is 14.6. The molecule has 1 atom stereocenters. The van der Waals surface area contributed by atoms with Gasteiger partial charge in [-0.15, -0.1) is 24.8 Å². The Morgan fingerprint density at radius 2 is 1.74 bits per heavy atom. The summed E-state index contributed by atoms with van der Waals surface area (Å²) in [6, 6.07) is 13.0. The van der Waals surface area contributed by atoms with E-state index in [1.54, 1.807) is 26.4 Å². The summed E-state index contributed by atoms with van der Waals surface area (Å²) in [6.07, 6.45) is 0.873. The summed E-state index contributed by atoms with van der Waals surface area (Å²) in [5.41, 5.74) is 7.91. The van der Waals surface area contributed by atoms with Gasteiger partial charge in [-0.3, -0.25) is 4.79 Å². The molecule has 148 valence electrons. The van der Waals surface area contributed by atoms with Gasteiger partial charge in [0.15, 0.2) is 0 Å². The van der Waals surface area contributed by atoms with Gasteiger partial charge >= 0.3 is 0 Å². The molecule has 2 aromatic rings. The van der Waals surface area contributed by atoms with E-state index in [-0.39, 0.29) is 36.8 Å². The Hall–Kier alpha value is -2.31. The average molecular weight is 414 g/mol. The maximum absolute atomic E-state index is 12.4. The molecule has 2 aromatic carbocycles. The fourth-order valence-electron chi connectivity index (χ4n) is 3.05. The van der Waals surface area contributed by atoms with Crippen LogP contribution in [0.2, 0.25) is 0 Å². The lowest BCUT2D eigenvalue weighted by atomic mass is 10.1. The number of hydrogen-bond donors (Lipinski definition) is 2. The Morgan fingerprint density at radius 3 is 2.33 bits per heavy atom. The van der Waals surface area contributed by atoms with E-state index in [9.17, 15) is 4.79 Å². The predicted octanol–water partition coefficient (Wildman–Crippen LogP) is 3.14. The van der Waals surface area contributed by atoms with Gasteiger partial charge in [0.05, 0.1) is 19.8 Å². The van der Waals surface area contributed by atoms with Crippen molar-refractivity contribution in [1.82, 2.24) is 5.32 Å². The van der Waals surface area contributed by atoms with E-state index in [1.165, 1.54) is 0 Å². The Morgan fingerprint density at radius 1 is 1.11 bits per heavy atom. The topological polar surface area (TPSA) is 76.8 Å². The zero-order chi connectivity index (χ0) is 17.8. The van der Waals surface area contributed by atoms with Crippen LogP contribution in [0.3, 0.4) is 0 Å². The number of para-hydroxylation sites is 1. The third-order valence-electron chi connectivity index (χ3n) is 4.43. The summed E-state index contributed by atoms with van der Waals surface area (Å²) in [7, 11) is 3.27. The van der Waals surface area contributed by atoms with Crippen molar-refractivity contribution in [3.63, 3.8) is 0 Å². The van der Waals surface area contributed by atoms with Gasteiger partial charge in [0.25, 0.3) is 5.91 Å². The zero-order valence-corrected chi connectivity index (χ0v) is 16.9. The molecule has 1 fully saturated rings. The number of methoxy groups -OCH3 is 2. The van der Waals surface area contributed by atoms with Crippen LogP contribution >= 0.6 is 24.8 Å². The van der Waals surface area contributed by atoms with Gasteiger partial charge < -0.3 is 25.4 Å².